The summed E-state index contributed by atoms with van der Waals surface area (Å²) in [6.07, 6.45) is 4.80. The fourth-order valence-corrected chi connectivity index (χ4v) is 3.62. The Bertz CT molecular complexity index is 995. The van der Waals surface area contributed by atoms with Crippen molar-refractivity contribution in [3.05, 3.63) is 75.9 Å². The molecule has 0 aliphatic carbocycles. The van der Waals surface area contributed by atoms with Gasteiger partial charge in [0.1, 0.15) is 39.6 Å². The molecule has 0 spiro atoms. The smallest absolute Gasteiger partial charge is 0.462 e. The summed E-state index contributed by atoms with van der Waals surface area (Å²) in [4.78, 5) is 81.2. The van der Waals surface area contributed by atoms with Crippen molar-refractivity contribution in [2.75, 3.05) is 52.9 Å². The lowest BCUT2D eigenvalue weighted by Gasteiger charge is -2.33. The average molecular weight is 659 g/mol. The summed E-state index contributed by atoms with van der Waals surface area (Å²) in [7, 11) is -5.18. The molecular formula is C28H35O16P. The predicted octanol–water partition coefficient (Wildman–Crippen LogP) is 1.47. The topological polar surface area (TPSA) is 214 Å². The van der Waals surface area contributed by atoms with Gasteiger partial charge in [0.15, 0.2) is 0 Å². The number of carbonyl (C=O) groups is 6. The molecule has 0 saturated carbocycles. The average Bonchev–Trinajstić information content (AvgIpc) is 3.05. The maximum absolute atomic E-state index is 13.0. The number of hydrogen-bond acceptors (Lipinski definition) is 15. The van der Waals surface area contributed by atoms with Crippen LogP contribution in [-0.2, 0) is 70.8 Å². The molecule has 1 N–H and O–H groups in total. The first kappa shape index (κ1) is 40.4. The molecule has 0 unspecified atom stereocenters. The van der Waals surface area contributed by atoms with Gasteiger partial charge in [0.25, 0.3) is 0 Å². The van der Waals surface area contributed by atoms with E-state index in [1.54, 1.807) is 0 Å². The second kappa shape index (κ2) is 20.3. The minimum atomic E-state index is -5.18. The first-order valence-electron chi connectivity index (χ1n) is 12.5. The summed E-state index contributed by atoms with van der Waals surface area (Å²) in [6.45, 7) is 13.5. The molecule has 0 heterocycles. The van der Waals surface area contributed by atoms with E-state index < -0.39 is 107 Å². The summed E-state index contributed by atoms with van der Waals surface area (Å²) in [6, 6.07) is 0. The van der Waals surface area contributed by atoms with Gasteiger partial charge in [-0.25, -0.2) is 33.3 Å². The van der Waals surface area contributed by atoms with Crippen LogP contribution in [0.5, 0.6) is 0 Å². The minimum absolute atomic E-state index is 0.691. The van der Waals surface area contributed by atoms with Gasteiger partial charge < -0.3 is 33.3 Å². The van der Waals surface area contributed by atoms with E-state index in [0.29, 0.717) is 0 Å². The zero-order valence-electron chi connectivity index (χ0n) is 24.4. The van der Waals surface area contributed by atoms with Gasteiger partial charge in [-0.05, 0) is 0 Å². The van der Waals surface area contributed by atoms with E-state index in [9.17, 15) is 38.2 Å². The zero-order valence-corrected chi connectivity index (χ0v) is 25.3. The first-order chi connectivity index (χ1) is 21.1. The molecule has 0 bridgehead atoms. The molecule has 0 aromatic rings. The molecule has 0 aliphatic rings. The molecular weight excluding hydrogens is 623 g/mol. The quantitative estimate of drug-likeness (QED) is 0.0673. The molecule has 0 saturated heterocycles. The third-order valence-electron chi connectivity index (χ3n) is 5.19. The third kappa shape index (κ3) is 16.7. The standard InChI is InChI=1S/C28H35O16P/c1-7-21(29)37-13-27(14-38-22(30)8-2,15-39-23(31)9-3)19-43-45(35,36)44-20-28(16-40-24(32)10-4,17-41-25(33)11-5)18-42-26(34)12-6/h7-12H,1-6,13-20H2,(H,35,36). The molecule has 0 radical (unpaired) electrons. The maximum Gasteiger partial charge on any atom is 0.472 e. The van der Waals surface area contributed by atoms with Crippen LogP contribution >= 0.6 is 7.82 Å². The molecule has 248 valence electrons. The van der Waals surface area contributed by atoms with E-state index in [1.807, 2.05) is 0 Å². The minimum Gasteiger partial charge on any atom is -0.462 e. The van der Waals surface area contributed by atoms with Crippen LogP contribution in [0.25, 0.3) is 0 Å². The van der Waals surface area contributed by atoms with Gasteiger partial charge in [-0.1, -0.05) is 39.5 Å². The summed E-state index contributed by atoms with van der Waals surface area (Å²) in [5, 5.41) is 0. The SMILES string of the molecule is C=CC(=O)OCC(COC(=O)C=C)(COC(=O)C=C)COP(=O)(O)OCC(COC(=O)C=C)(COC(=O)C=C)COC(=O)C=C. The normalized spacial score (nSPS) is 11.0. The fraction of sp³-hybridized carbons (Fsp3) is 0.357. The molecule has 0 aromatic carbocycles. The van der Waals surface area contributed by atoms with Gasteiger partial charge in [-0.3, -0.25) is 9.05 Å². The van der Waals surface area contributed by atoms with Crippen LogP contribution in [0.4, 0.5) is 0 Å². The van der Waals surface area contributed by atoms with E-state index in [2.05, 4.69) is 39.5 Å². The number of phosphoric acid groups is 1. The van der Waals surface area contributed by atoms with Crippen molar-refractivity contribution in [1.29, 1.82) is 0 Å². The molecule has 0 amide bonds. The van der Waals surface area contributed by atoms with Gasteiger partial charge in [0.2, 0.25) is 0 Å². The van der Waals surface area contributed by atoms with Crippen molar-refractivity contribution >= 4 is 43.6 Å². The summed E-state index contributed by atoms with van der Waals surface area (Å²) < 4.78 is 53.3. The Hall–Kier alpha value is -4.63. The number of esters is 6. The largest absolute Gasteiger partial charge is 0.472 e. The van der Waals surface area contributed by atoms with Crippen LogP contribution in [0, 0.1) is 10.8 Å². The van der Waals surface area contributed by atoms with Crippen molar-refractivity contribution in [2.24, 2.45) is 10.8 Å². The molecule has 17 heteroatoms. The highest BCUT2D eigenvalue weighted by Gasteiger charge is 2.42. The van der Waals surface area contributed by atoms with Crippen molar-refractivity contribution in [1.82, 2.24) is 0 Å². The van der Waals surface area contributed by atoms with Crippen molar-refractivity contribution in [3.8, 4) is 0 Å². The second-order valence-corrected chi connectivity index (χ2v) is 10.3. The molecule has 45 heavy (non-hydrogen) atoms. The van der Waals surface area contributed by atoms with Crippen LogP contribution in [0.1, 0.15) is 0 Å². The molecule has 0 fully saturated rings. The summed E-state index contributed by atoms with van der Waals surface area (Å²) in [5.74, 6) is -5.70. The zero-order chi connectivity index (χ0) is 34.5. The summed E-state index contributed by atoms with van der Waals surface area (Å²) >= 11 is 0. The van der Waals surface area contributed by atoms with Crippen molar-refractivity contribution in [2.45, 2.75) is 0 Å². The van der Waals surface area contributed by atoms with E-state index in [4.69, 9.17) is 37.5 Å². The fourth-order valence-electron chi connectivity index (χ4n) is 2.67. The highest BCUT2D eigenvalue weighted by Crippen LogP contribution is 2.46. The van der Waals surface area contributed by atoms with Gasteiger partial charge in [0, 0.05) is 36.5 Å². The van der Waals surface area contributed by atoms with Gasteiger partial charge in [0.05, 0.1) is 24.0 Å². The Morgan fingerprint density at radius 3 is 0.778 bits per heavy atom. The molecule has 0 aromatic heterocycles. The predicted molar refractivity (Wildman–Crippen MR) is 154 cm³/mol. The van der Waals surface area contributed by atoms with E-state index >= 15 is 0 Å². The lowest BCUT2D eigenvalue weighted by Crippen LogP contribution is -2.44. The van der Waals surface area contributed by atoms with E-state index in [0.717, 1.165) is 36.5 Å². The number of hydrogen-bond donors (Lipinski definition) is 1. The van der Waals surface area contributed by atoms with Gasteiger partial charge >= 0.3 is 43.6 Å². The Balaban J connectivity index is 6.29. The summed E-state index contributed by atoms with van der Waals surface area (Å²) in [5.41, 5.74) is -3.60. The molecule has 0 rings (SSSR count). The number of rotatable bonds is 24. The van der Waals surface area contributed by atoms with Crippen molar-refractivity contribution < 1.29 is 75.7 Å². The van der Waals surface area contributed by atoms with Crippen LogP contribution < -0.4 is 0 Å². The Morgan fingerprint density at radius 2 is 0.622 bits per heavy atom. The molecule has 0 atom stereocenters. The van der Waals surface area contributed by atoms with Gasteiger partial charge in [-0.2, -0.15) is 0 Å². The highest BCUT2D eigenvalue weighted by atomic mass is 31.2. The first-order valence-corrected chi connectivity index (χ1v) is 14.0. The number of ether oxygens (including phenoxy) is 6. The molecule has 0 aliphatic heterocycles. The second-order valence-electron chi connectivity index (χ2n) is 8.89. The van der Waals surface area contributed by atoms with Crippen LogP contribution in [0.2, 0.25) is 0 Å². The number of carbonyl (C=O) groups excluding carboxylic acids is 6. The lowest BCUT2D eigenvalue weighted by atomic mass is 9.92. The van der Waals surface area contributed by atoms with E-state index in [-0.39, 0.29) is 0 Å². The monoisotopic (exact) mass is 658 g/mol. The van der Waals surface area contributed by atoms with Crippen LogP contribution in [0.15, 0.2) is 75.9 Å². The maximum atomic E-state index is 13.0. The van der Waals surface area contributed by atoms with Gasteiger partial charge in [-0.15, -0.1) is 0 Å². The lowest BCUT2D eigenvalue weighted by molar-refractivity contribution is -0.159. The number of phosphoric ester groups is 1. The van der Waals surface area contributed by atoms with Crippen LogP contribution in [-0.4, -0.2) is 93.6 Å². The Morgan fingerprint density at radius 1 is 0.444 bits per heavy atom. The van der Waals surface area contributed by atoms with Crippen LogP contribution in [0.3, 0.4) is 0 Å². The Labute approximate surface area is 259 Å². The third-order valence-corrected chi connectivity index (χ3v) is 6.10. The van der Waals surface area contributed by atoms with E-state index in [1.165, 1.54) is 0 Å². The Kier molecular flexibility index (Phi) is 18.3. The van der Waals surface area contributed by atoms with Crippen molar-refractivity contribution in [3.63, 3.8) is 0 Å². The highest BCUT2D eigenvalue weighted by molar-refractivity contribution is 7.47. The molecule has 16 nitrogen and oxygen atoms in total.